The molecular weight excluding hydrogens is 232 g/mol. The fourth-order valence-corrected chi connectivity index (χ4v) is 2.03. The second kappa shape index (κ2) is 4.16. The molecule has 2 rings (SSSR count). The lowest BCUT2D eigenvalue weighted by molar-refractivity contribution is 0.0971. The van der Waals surface area contributed by atoms with Crippen LogP contribution in [0.3, 0.4) is 0 Å². The van der Waals surface area contributed by atoms with Gasteiger partial charge >= 0.3 is 0 Å². The third kappa shape index (κ3) is 2.11. The van der Waals surface area contributed by atoms with Crippen molar-refractivity contribution in [1.82, 2.24) is 9.78 Å². The molecule has 0 fully saturated rings. The quantitative estimate of drug-likeness (QED) is 0.774. The van der Waals surface area contributed by atoms with Crippen molar-refractivity contribution in [2.24, 2.45) is 0 Å². The number of halogens is 1. The number of ketones is 1. The highest BCUT2D eigenvalue weighted by Gasteiger charge is 2.11. The fraction of sp³-hybridized carbons (Fsp3) is 0.200. The maximum Gasteiger partial charge on any atom is 0.194 e. The van der Waals surface area contributed by atoms with E-state index in [1.165, 1.54) is 11.3 Å². The third-order valence-electron chi connectivity index (χ3n) is 2.13. The number of Topliss-reactive ketones (excluding diaryl/α,β-unsaturated/α-hetero) is 1. The first-order valence-corrected chi connectivity index (χ1v) is 5.69. The second-order valence-corrected chi connectivity index (χ2v) is 4.49. The maximum absolute atomic E-state index is 11.7. The lowest BCUT2D eigenvalue weighted by Crippen LogP contribution is -2.11. The van der Waals surface area contributed by atoms with Gasteiger partial charge in [0, 0.05) is 0 Å². The normalized spacial score (nSPS) is 10.5. The molecule has 2 heterocycles. The molecule has 3 nitrogen and oxygen atoms in total. The van der Waals surface area contributed by atoms with Crippen molar-refractivity contribution in [1.29, 1.82) is 0 Å². The average molecular weight is 241 g/mol. The fourth-order valence-electron chi connectivity index (χ4n) is 1.23. The Balaban J connectivity index is 2.16. The standard InChI is InChI=1S/C10H9ClN2OS/c1-7-8(11)5-12-13(7)6-9(14)10-3-2-4-15-10/h2-5H,6H2,1H3. The Hall–Kier alpha value is -1.13. The van der Waals surface area contributed by atoms with Gasteiger partial charge in [0.1, 0.15) is 6.54 Å². The molecule has 0 unspecified atom stereocenters. The zero-order valence-corrected chi connectivity index (χ0v) is 9.68. The van der Waals surface area contributed by atoms with Gasteiger partial charge in [0.2, 0.25) is 0 Å². The molecular formula is C10H9ClN2OS. The minimum atomic E-state index is 0.0628. The van der Waals surface area contributed by atoms with Gasteiger partial charge in [-0.05, 0) is 18.4 Å². The summed E-state index contributed by atoms with van der Waals surface area (Å²) in [7, 11) is 0. The minimum absolute atomic E-state index is 0.0628. The van der Waals surface area contributed by atoms with Gasteiger partial charge < -0.3 is 0 Å². The molecule has 0 amide bonds. The molecule has 2 aromatic rings. The molecule has 0 N–H and O–H groups in total. The number of hydrogen-bond acceptors (Lipinski definition) is 3. The third-order valence-corrected chi connectivity index (χ3v) is 3.41. The molecule has 0 aliphatic heterocycles. The molecule has 2 aromatic heterocycles. The van der Waals surface area contributed by atoms with E-state index < -0.39 is 0 Å². The second-order valence-electron chi connectivity index (χ2n) is 3.14. The van der Waals surface area contributed by atoms with Crippen molar-refractivity contribution in [3.05, 3.63) is 39.3 Å². The van der Waals surface area contributed by atoms with Gasteiger partial charge in [0.15, 0.2) is 5.78 Å². The van der Waals surface area contributed by atoms with Crippen molar-refractivity contribution in [3.8, 4) is 0 Å². The Morgan fingerprint density at radius 3 is 3.00 bits per heavy atom. The summed E-state index contributed by atoms with van der Waals surface area (Å²) in [6.45, 7) is 2.09. The van der Waals surface area contributed by atoms with E-state index in [1.807, 2.05) is 24.4 Å². The summed E-state index contributed by atoms with van der Waals surface area (Å²) in [6.07, 6.45) is 1.55. The number of carbonyl (C=O) groups is 1. The van der Waals surface area contributed by atoms with E-state index in [0.717, 1.165) is 10.6 Å². The summed E-state index contributed by atoms with van der Waals surface area (Å²) in [6, 6.07) is 3.67. The predicted octanol–water partition coefficient (Wildman–Crippen LogP) is 2.79. The van der Waals surface area contributed by atoms with E-state index in [2.05, 4.69) is 5.10 Å². The summed E-state index contributed by atoms with van der Waals surface area (Å²) in [4.78, 5) is 12.5. The highest BCUT2D eigenvalue weighted by atomic mass is 35.5. The Morgan fingerprint density at radius 2 is 2.47 bits per heavy atom. The van der Waals surface area contributed by atoms with Crippen molar-refractivity contribution in [3.63, 3.8) is 0 Å². The van der Waals surface area contributed by atoms with Crippen LogP contribution in [0, 0.1) is 6.92 Å². The number of hydrogen-bond donors (Lipinski definition) is 0. The smallest absolute Gasteiger partial charge is 0.194 e. The zero-order valence-electron chi connectivity index (χ0n) is 8.11. The van der Waals surface area contributed by atoms with Gasteiger partial charge in [-0.25, -0.2) is 0 Å². The van der Waals surface area contributed by atoms with E-state index >= 15 is 0 Å². The van der Waals surface area contributed by atoms with Crippen LogP contribution >= 0.6 is 22.9 Å². The van der Waals surface area contributed by atoms with Crippen LogP contribution in [0.4, 0.5) is 0 Å². The molecule has 0 saturated heterocycles. The highest BCUT2D eigenvalue weighted by Crippen LogP contribution is 2.15. The van der Waals surface area contributed by atoms with E-state index in [-0.39, 0.29) is 12.3 Å². The summed E-state index contributed by atoms with van der Waals surface area (Å²) in [5.41, 5.74) is 0.821. The van der Waals surface area contributed by atoms with E-state index in [0.29, 0.717) is 5.02 Å². The van der Waals surface area contributed by atoms with Gasteiger partial charge in [0.25, 0.3) is 0 Å². The van der Waals surface area contributed by atoms with E-state index in [4.69, 9.17) is 11.6 Å². The SMILES string of the molecule is Cc1c(Cl)cnn1CC(=O)c1cccs1. The summed E-state index contributed by atoms with van der Waals surface area (Å²) < 4.78 is 1.62. The highest BCUT2D eigenvalue weighted by molar-refractivity contribution is 7.12. The molecule has 0 aromatic carbocycles. The van der Waals surface area contributed by atoms with Crippen LogP contribution in [0.25, 0.3) is 0 Å². The van der Waals surface area contributed by atoms with Crippen molar-refractivity contribution in [2.75, 3.05) is 0 Å². The van der Waals surface area contributed by atoms with Gasteiger partial charge in [-0.15, -0.1) is 11.3 Å². The van der Waals surface area contributed by atoms with Gasteiger partial charge in [-0.1, -0.05) is 17.7 Å². The summed E-state index contributed by atoms with van der Waals surface area (Å²) in [5.74, 6) is 0.0628. The van der Waals surface area contributed by atoms with Crippen molar-refractivity contribution < 1.29 is 4.79 Å². The van der Waals surface area contributed by atoms with Crippen molar-refractivity contribution in [2.45, 2.75) is 13.5 Å². The molecule has 0 radical (unpaired) electrons. The Morgan fingerprint density at radius 1 is 1.67 bits per heavy atom. The van der Waals surface area contributed by atoms with Crippen LogP contribution in [-0.4, -0.2) is 15.6 Å². The average Bonchev–Trinajstić information content (AvgIpc) is 2.83. The number of thiophene rings is 1. The summed E-state index contributed by atoms with van der Waals surface area (Å²) >= 11 is 7.29. The predicted molar refractivity (Wildman–Crippen MR) is 60.6 cm³/mol. The topological polar surface area (TPSA) is 34.9 Å². The molecule has 0 bridgehead atoms. The summed E-state index contributed by atoms with van der Waals surface area (Å²) in [5, 5.41) is 6.51. The molecule has 0 aliphatic carbocycles. The molecule has 78 valence electrons. The van der Waals surface area contributed by atoms with Gasteiger partial charge in [-0.3, -0.25) is 9.48 Å². The molecule has 0 aliphatic rings. The number of aromatic nitrogens is 2. The number of carbonyl (C=O) groups excluding carboxylic acids is 1. The van der Waals surface area contributed by atoms with Crippen LogP contribution in [0.15, 0.2) is 23.7 Å². The molecule has 0 spiro atoms. The zero-order chi connectivity index (χ0) is 10.8. The first-order valence-electron chi connectivity index (χ1n) is 4.43. The first-order chi connectivity index (χ1) is 7.18. The van der Waals surface area contributed by atoms with Crippen LogP contribution in [0.5, 0.6) is 0 Å². The van der Waals surface area contributed by atoms with Crippen LogP contribution in [0.1, 0.15) is 15.4 Å². The number of rotatable bonds is 3. The van der Waals surface area contributed by atoms with E-state index in [9.17, 15) is 4.79 Å². The number of nitrogens with zero attached hydrogens (tertiary/aromatic N) is 2. The Labute approximate surface area is 96.3 Å². The van der Waals surface area contributed by atoms with Gasteiger partial charge in [0.05, 0.1) is 21.8 Å². The molecule has 15 heavy (non-hydrogen) atoms. The Kier molecular flexibility index (Phi) is 2.88. The van der Waals surface area contributed by atoms with Crippen LogP contribution in [0.2, 0.25) is 5.02 Å². The first kappa shape index (κ1) is 10.4. The lowest BCUT2D eigenvalue weighted by atomic mass is 10.3. The molecule has 0 saturated carbocycles. The molecule has 0 atom stereocenters. The van der Waals surface area contributed by atoms with Crippen LogP contribution in [-0.2, 0) is 6.54 Å². The lowest BCUT2D eigenvalue weighted by Gasteiger charge is -2.01. The monoisotopic (exact) mass is 240 g/mol. The van der Waals surface area contributed by atoms with Crippen LogP contribution < -0.4 is 0 Å². The van der Waals surface area contributed by atoms with E-state index in [1.54, 1.807) is 10.9 Å². The minimum Gasteiger partial charge on any atom is -0.291 e. The Bertz CT molecular complexity index is 476. The largest absolute Gasteiger partial charge is 0.291 e. The maximum atomic E-state index is 11.7. The van der Waals surface area contributed by atoms with Gasteiger partial charge in [-0.2, -0.15) is 5.10 Å². The molecule has 5 heteroatoms. The van der Waals surface area contributed by atoms with Crippen molar-refractivity contribution >= 4 is 28.7 Å².